The average Bonchev–Trinajstić information content (AvgIpc) is 2.93. The lowest BCUT2D eigenvalue weighted by Gasteiger charge is -2.07. The van der Waals surface area contributed by atoms with Crippen molar-refractivity contribution >= 4 is 5.69 Å². The van der Waals surface area contributed by atoms with Gasteiger partial charge in [0, 0.05) is 19.5 Å². The van der Waals surface area contributed by atoms with E-state index in [4.69, 9.17) is 5.73 Å². The van der Waals surface area contributed by atoms with Crippen LogP contribution in [0.4, 0.5) is 5.69 Å². The van der Waals surface area contributed by atoms with Crippen molar-refractivity contribution in [1.82, 2.24) is 9.36 Å². The molecule has 0 atom stereocenters. The van der Waals surface area contributed by atoms with Gasteiger partial charge in [0.2, 0.25) is 0 Å². The summed E-state index contributed by atoms with van der Waals surface area (Å²) in [4.78, 5) is 11.7. The third kappa shape index (κ3) is 1.25. The van der Waals surface area contributed by atoms with E-state index in [9.17, 15) is 4.79 Å². The van der Waals surface area contributed by atoms with Crippen molar-refractivity contribution in [3.63, 3.8) is 0 Å². The van der Waals surface area contributed by atoms with Crippen LogP contribution in [-0.2, 0) is 13.6 Å². The molecule has 0 aliphatic heterocycles. The fourth-order valence-electron chi connectivity index (χ4n) is 1.99. The van der Waals surface area contributed by atoms with E-state index in [2.05, 4.69) is 6.92 Å². The topological polar surface area (TPSA) is 52.9 Å². The lowest BCUT2D eigenvalue weighted by atomic mass is 10.2. The normalized spacial score (nSPS) is 16.1. The second kappa shape index (κ2) is 3.19. The first kappa shape index (κ1) is 9.37. The monoisotopic (exact) mass is 195 g/mol. The highest BCUT2D eigenvalue weighted by Crippen LogP contribution is 2.41. The van der Waals surface area contributed by atoms with Gasteiger partial charge in [-0.25, -0.2) is 4.68 Å². The number of aromatic nitrogens is 2. The van der Waals surface area contributed by atoms with Crippen molar-refractivity contribution in [2.75, 3.05) is 5.73 Å². The van der Waals surface area contributed by atoms with E-state index in [0.717, 1.165) is 18.7 Å². The Morgan fingerprint density at radius 3 is 2.64 bits per heavy atom. The summed E-state index contributed by atoms with van der Waals surface area (Å²) < 4.78 is 3.68. The Bertz CT molecular complexity index is 398. The molecule has 4 nitrogen and oxygen atoms in total. The molecule has 1 aromatic rings. The van der Waals surface area contributed by atoms with Crippen molar-refractivity contribution < 1.29 is 0 Å². The molecule has 1 fully saturated rings. The zero-order valence-electron chi connectivity index (χ0n) is 8.79. The molecule has 0 radical (unpaired) electrons. The molecule has 4 heteroatoms. The van der Waals surface area contributed by atoms with Crippen LogP contribution in [0.5, 0.6) is 0 Å². The van der Waals surface area contributed by atoms with Crippen LogP contribution in [0.2, 0.25) is 0 Å². The molecule has 1 saturated carbocycles. The highest BCUT2D eigenvalue weighted by Gasteiger charge is 2.31. The summed E-state index contributed by atoms with van der Waals surface area (Å²) in [6, 6.07) is 0. The van der Waals surface area contributed by atoms with E-state index < -0.39 is 0 Å². The summed E-state index contributed by atoms with van der Waals surface area (Å²) in [7, 11) is 1.93. The van der Waals surface area contributed by atoms with Crippen LogP contribution in [0, 0.1) is 0 Å². The third-order valence-electron chi connectivity index (χ3n) is 2.85. The summed E-state index contributed by atoms with van der Waals surface area (Å²) in [6.07, 6.45) is 3.31. The average molecular weight is 195 g/mol. The third-order valence-corrected chi connectivity index (χ3v) is 2.85. The Morgan fingerprint density at radius 1 is 1.50 bits per heavy atom. The van der Waals surface area contributed by atoms with Crippen molar-refractivity contribution in [2.24, 2.45) is 7.05 Å². The van der Waals surface area contributed by atoms with Gasteiger partial charge in [0.25, 0.3) is 5.56 Å². The lowest BCUT2D eigenvalue weighted by molar-refractivity contribution is 0.477. The Hall–Kier alpha value is -1.19. The number of nitrogens with two attached hydrogens (primary N) is 1. The SMILES string of the molecule is CCCn1c(=O)c(N)c(C2CC2)n1C. The highest BCUT2D eigenvalue weighted by molar-refractivity contribution is 5.45. The fourth-order valence-corrected chi connectivity index (χ4v) is 1.99. The van der Waals surface area contributed by atoms with E-state index in [0.29, 0.717) is 11.6 Å². The molecule has 0 spiro atoms. The number of hydrogen-bond donors (Lipinski definition) is 1. The molecular weight excluding hydrogens is 178 g/mol. The molecule has 14 heavy (non-hydrogen) atoms. The van der Waals surface area contributed by atoms with Crippen LogP contribution >= 0.6 is 0 Å². The molecule has 0 saturated heterocycles. The summed E-state index contributed by atoms with van der Waals surface area (Å²) >= 11 is 0. The summed E-state index contributed by atoms with van der Waals surface area (Å²) in [6.45, 7) is 2.82. The minimum Gasteiger partial charge on any atom is -0.393 e. The summed E-state index contributed by atoms with van der Waals surface area (Å²) in [5, 5.41) is 0. The first-order valence-corrected chi connectivity index (χ1v) is 5.22. The number of nitrogen functional groups attached to an aromatic ring is 1. The zero-order chi connectivity index (χ0) is 10.3. The molecule has 1 aromatic heterocycles. The van der Waals surface area contributed by atoms with Gasteiger partial charge in [0.05, 0.1) is 5.69 Å². The van der Waals surface area contributed by atoms with Gasteiger partial charge < -0.3 is 5.73 Å². The standard InChI is InChI=1S/C10H17N3O/c1-3-6-13-10(14)8(11)9(12(13)2)7-4-5-7/h7H,3-6,11H2,1-2H3. The van der Waals surface area contributed by atoms with Gasteiger partial charge in [-0.2, -0.15) is 0 Å². The molecule has 0 unspecified atom stereocenters. The van der Waals surface area contributed by atoms with Crippen LogP contribution in [0.1, 0.15) is 37.8 Å². The highest BCUT2D eigenvalue weighted by atomic mass is 16.1. The largest absolute Gasteiger partial charge is 0.393 e. The maximum absolute atomic E-state index is 11.7. The maximum Gasteiger partial charge on any atom is 0.290 e. The van der Waals surface area contributed by atoms with Gasteiger partial charge in [0.1, 0.15) is 5.69 Å². The van der Waals surface area contributed by atoms with E-state index in [1.165, 1.54) is 12.8 Å². The molecule has 78 valence electrons. The van der Waals surface area contributed by atoms with Crippen molar-refractivity contribution in [2.45, 2.75) is 38.6 Å². The van der Waals surface area contributed by atoms with Gasteiger partial charge in [-0.05, 0) is 19.3 Å². The van der Waals surface area contributed by atoms with Crippen LogP contribution in [0.15, 0.2) is 4.79 Å². The first-order valence-electron chi connectivity index (χ1n) is 5.22. The van der Waals surface area contributed by atoms with E-state index in [-0.39, 0.29) is 5.56 Å². The van der Waals surface area contributed by atoms with Crippen molar-refractivity contribution in [1.29, 1.82) is 0 Å². The Balaban J connectivity index is 2.50. The molecule has 0 amide bonds. The van der Waals surface area contributed by atoms with Crippen molar-refractivity contribution in [3.8, 4) is 0 Å². The molecule has 0 aromatic carbocycles. The molecule has 1 aliphatic carbocycles. The number of hydrogen-bond acceptors (Lipinski definition) is 2. The lowest BCUT2D eigenvalue weighted by Crippen LogP contribution is -2.22. The fraction of sp³-hybridized carbons (Fsp3) is 0.700. The zero-order valence-corrected chi connectivity index (χ0v) is 8.79. The molecule has 1 heterocycles. The Kier molecular flexibility index (Phi) is 2.13. The van der Waals surface area contributed by atoms with Gasteiger partial charge in [0.15, 0.2) is 0 Å². The molecular formula is C10H17N3O. The summed E-state index contributed by atoms with van der Waals surface area (Å²) in [5.41, 5.74) is 7.31. The van der Waals surface area contributed by atoms with Gasteiger partial charge in [-0.15, -0.1) is 0 Å². The minimum atomic E-state index is -0.0174. The first-order chi connectivity index (χ1) is 6.66. The Labute approximate surface area is 83.3 Å². The Morgan fingerprint density at radius 2 is 2.14 bits per heavy atom. The van der Waals surface area contributed by atoms with E-state index in [1.807, 2.05) is 11.7 Å². The molecule has 0 bridgehead atoms. The molecule has 2 N–H and O–H groups in total. The molecule has 1 aliphatic rings. The van der Waals surface area contributed by atoms with Gasteiger partial charge in [-0.1, -0.05) is 6.92 Å². The van der Waals surface area contributed by atoms with Crippen LogP contribution < -0.4 is 11.3 Å². The minimum absolute atomic E-state index is 0.0174. The van der Waals surface area contributed by atoms with E-state index >= 15 is 0 Å². The van der Waals surface area contributed by atoms with Crippen LogP contribution in [0.3, 0.4) is 0 Å². The number of anilines is 1. The second-order valence-electron chi connectivity index (χ2n) is 4.03. The summed E-state index contributed by atoms with van der Waals surface area (Å²) in [5.74, 6) is 0.533. The van der Waals surface area contributed by atoms with E-state index in [1.54, 1.807) is 4.68 Å². The van der Waals surface area contributed by atoms with Gasteiger partial charge >= 0.3 is 0 Å². The smallest absolute Gasteiger partial charge is 0.290 e. The molecule has 2 rings (SSSR count). The predicted octanol–water partition coefficient (Wildman–Crippen LogP) is 1.06. The quantitative estimate of drug-likeness (QED) is 0.784. The predicted molar refractivity (Wildman–Crippen MR) is 56.4 cm³/mol. The van der Waals surface area contributed by atoms with Gasteiger partial charge in [-0.3, -0.25) is 9.48 Å². The second-order valence-corrected chi connectivity index (χ2v) is 4.03. The number of rotatable bonds is 3. The maximum atomic E-state index is 11.7. The number of nitrogens with zero attached hydrogens (tertiary/aromatic N) is 2. The van der Waals surface area contributed by atoms with Crippen LogP contribution in [-0.4, -0.2) is 9.36 Å². The van der Waals surface area contributed by atoms with Crippen LogP contribution in [0.25, 0.3) is 0 Å². The van der Waals surface area contributed by atoms with Crippen molar-refractivity contribution in [3.05, 3.63) is 16.0 Å².